The number of para-hydroxylation sites is 2. The van der Waals surface area contributed by atoms with Crippen molar-refractivity contribution in [1.29, 1.82) is 0 Å². The average molecular weight is 278 g/mol. The van der Waals surface area contributed by atoms with E-state index in [1.807, 2.05) is 32.9 Å². The first-order chi connectivity index (χ1) is 9.54. The summed E-state index contributed by atoms with van der Waals surface area (Å²) in [7, 11) is 0. The first-order valence-electron chi connectivity index (χ1n) is 6.84. The SMILES string of the molecule is CCOc1ccccc1NC(=O)CCNC(=O)C(C)C. The van der Waals surface area contributed by atoms with Crippen LogP contribution in [0, 0.1) is 5.92 Å². The van der Waals surface area contributed by atoms with Gasteiger partial charge in [0.1, 0.15) is 5.75 Å². The van der Waals surface area contributed by atoms with Crippen LogP contribution in [0.5, 0.6) is 5.75 Å². The largest absolute Gasteiger partial charge is 0.492 e. The summed E-state index contributed by atoms with van der Waals surface area (Å²) in [6, 6.07) is 7.28. The van der Waals surface area contributed by atoms with Crippen molar-refractivity contribution >= 4 is 17.5 Å². The van der Waals surface area contributed by atoms with E-state index in [0.29, 0.717) is 24.6 Å². The lowest BCUT2D eigenvalue weighted by Gasteiger charge is -2.11. The van der Waals surface area contributed by atoms with Gasteiger partial charge in [0.2, 0.25) is 11.8 Å². The smallest absolute Gasteiger partial charge is 0.226 e. The highest BCUT2D eigenvalue weighted by Gasteiger charge is 2.09. The molecular weight excluding hydrogens is 256 g/mol. The summed E-state index contributed by atoms with van der Waals surface area (Å²) in [6.07, 6.45) is 0.235. The zero-order valence-corrected chi connectivity index (χ0v) is 12.2. The second-order valence-electron chi connectivity index (χ2n) is 4.67. The summed E-state index contributed by atoms with van der Waals surface area (Å²) in [5.74, 6) is 0.375. The fraction of sp³-hybridized carbons (Fsp3) is 0.467. The molecule has 1 aromatic carbocycles. The van der Waals surface area contributed by atoms with Gasteiger partial charge < -0.3 is 15.4 Å². The van der Waals surface area contributed by atoms with Crippen LogP contribution < -0.4 is 15.4 Å². The van der Waals surface area contributed by atoms with Gasteiger partial charge in [0, 0.05) is 18.9 Å². The third kappa shape index (κ3) is 5.30. The van der Waals surface area contributed by atoms with Crippen molar-refractivity contribution < 1.29 is 14.3 Å². The van der Waals surface area contributed by atoms with Crippen molar-refractivity contribution in [2.24, 2.45) is 5.92 Å². The standard InChI is InChI=1S/C15H22N2O3/c1-4-20-13-8-6-5-7-12(13)17-14(18)9-10-16-15(19)11(2)3/h5-8,11H,4,9-10H2,1-3H3,(H,16,19)(H,17,18). The average Bonchev–Trinajstić information content (AvgIpc) is 2.41. The highest BCUT2D eigenvalue weighted by Crippen LogP contribution is 2.23. The van der Waals surface area contributed by atoms with E-state index < -0.39 is 0 Å². The molecule has 0 atom stereocenters. The Labute approximate surface area is 119 Å². The van der Waals surface area contributed by atoms with E-state index in [1.54, 1.807) is 12.1 Å². The molecule has 0 saturated carbocycles. The number of amides is 2. The van der Waals surface area contributed by atoms with Crippen molar-refractivity contribution in [2.45, 2.75) is 27.2 Å². The molecule has 110 valence electrons. The number of carbonyl (C=O) groups is 2. The number of nitrogens with one attached hydrogen (secondary N) is 2. The summed E-state index contributed by atoms with van der Waals surface area (Å²) in [4.78, 5) is 23.2. The van der Waals surface area contributed by atoms with E-state index in [9.17, 15) is 9.59 Å². The Kier molecular flexibility index (Phi) is 6.56. The molecule has 1 rings (SSSR count). The minimum atomic E-state index is -0.152. The normalized spacial score (nSPS) is 10.2. The van der Waals surface area contributed by atoms with E-state index in [-0.39, 0.29) is 24.2 Å². The van der Waals surface area contributed by atoms with E-state index >= 15 is 0 Å². The van der Waals surface area contributed by atoms with Crippen molar-refractivity contribution in [3.63, 3.8) is 0 Å². The van der Waals surface area contributed by atoms with Crippen LogP contribution in [-0.4, -0.2) is 25.0 Å². The summed E-state index contributed by atoms with van der Waals surface area (Å²) < 4.78 is 5.43. The predicted molar refractivity (Wildman–Crippen MR) is 78.7 cm³/mol. The minimum absolute atomic E-state index is 0.0486. The van der Waals surface area contributed by atoms with Crippen LogP contribution in [0.3, 0.4) is 0 Å². The number of carbonyl (C=O) groups excluding carboxylic acids is 2. The molecule has 1 aromatic rings. The summed E-state index contributed by atoms with van der Waals surface area (Å²) >= 11 is 0. The summed E-state index contributed by atoms with van der Waals surface area (Å²) in [5.41, 5.74) is 0.648. The number of benzene rings is 1. The van der Waals surface area contributed by atoms with Gasteiger partial charge >= 0.3 is 0 Å². The Morgan fingerprint density at radius 2 is 1.95 bits per heavy atom. The van der Waals surface area contributed by atoms with Gasteiger partial charge in [-0.25, -0.2) is 0 Å². The predicted octanol–water partition coefficient (Wildman–Crippen LogP) is 2.19. The molecule has 0 unspecified atom stereocenters. The molecule has 0 fully saturated rings. The Hall–Kier alpha value is -2.04. The highest BCUT2D eigenvalue weighted by molar-refractivity contribution is 5.92. The minimum Gasteiger partial charge on any atom is -0.492 e. The molecule has 0 spiro atoms. The van der Waals surface area contributed by atoms with Crippen molar-refractivity contribution in [3.8, 4) is 5.75 Å². The third-order valence-corrected chi connectivity index (χ3v) is 2.64. The topological polar surface area (TPSA) is 67.4 Å². The molecule has 0 aromatic heterocycles. The van der Waals surface area contributed by atoms with Crippen molar-refractivity contribution in [2.75, 3.05) is 18.5 Å². The number of ether oxygens (including phenoxy) is 1. The van der Waals surface area contributed by atoms with Gasteiger partial charge in [0.15, 0.2) is 0 Å². The molecule has 0 aliphatic rings. The number of hydrogen-bond donors (Lipinski definition) is 2. The van der Waals surface area contributed by atoms with Crippen LogP contribution in [0.25, 0.3) is 0 Å². The van der Waals surface area contributed by atoms with Gasteiger partial charge in [-0.05, 0) is 19.1 Å². The molecule has 20 heavy (non-hydrogen) atoms. The van der Waals surface area contributed by atoms with Crippen LogP contribution in [-0.2, 0) is 9.59 Å². The zero-order valence-electron chi connectivity index (χ0n) is 12.2. The highest BCUT2D eigenvalue weighted by atomic mass is 16.5. The molecule has 0 saturated heterocycles. The van der Waals surface area contributed by atoms with Crippen LogP contribution in [0.4, 0.5) is 5.69 Å². The van der Waals surface area contributed by atoms with Crippen molar-refractivity contribution in [3.05, 3.63) is 24.3 Å². The molecular formula is C15H22N2O3. The van der Waals surface area contributed by atoms with Gasteiger partial charge in [0.25, 0.3) is 0 Å². The van der Waals surface area contributed by atoms with Crippen LogP contribution in [0.2, 0.25) is 0 Å². The lowest BCUT2D eigenvalue weighted by Crippen LogP contribution is -2.30. The van der Waals surface area contributed by atoms with Crippen LogP contribution >= 0.6 is 0 Å². The molecule has 0 bridgehead atoms. The summed E-state index contributed by atoms with van der Waals surface area (Å²) in [5, 5.41) is 5.49. The van der Waals surface area contributed by atoms with E-state index in [4.69, 9.17) is 4.74 Å². The molecule has 5 nitrogen and oxygen atoms in total. The van der Waals surface area contributed by atoms with Crippen LogP contribution in [0.15, 0.2) is 24.3 Å². The van der Waals surface area contributed by atoms with Gasteiger partial charge in [-0.1, -0.05) is 26.0 Å². The maximum absolute atomic E-state index is 11.8. The van der Waals surface area contributed by atoms with Gasteiger partial charge in [-0.2, -0.15) is 0 Å². The van der Waals surface area contributed by atoms with E-state index in [0.717, 1.165) is 0 Å². The maximum atomic E-state index is 11.8. The lowest BCUT2D eigenvalue weighted by molar-refractivity contribution is -0.124. The molecule has 0 heterocycles. The second kappa shape index (κ2) is 8.19. The molecule has 2 N–H and O–H groups in total. The van der Waals surface area contributed by atoms with Crippen molar-refractivity contribution in [1.82, 2.24) is 5.32 Å². The van der Waals surface area contributed by atoms with Crippen LogP contribution in [0.1, 0.15) is 27.2 Å². The Morgan fingerprint density at radius 1 is 1.25 bits per heavy atom. The van der Waals surface area contributed by atoms with Gasteiger partial charge in [-0.3, -0.25) is 9.59 Å². The van der Waals surface area contributed by atoms with Gasteiger partial charge in [-0.15, -0.1) is 0 Å². The second-order valence-corrected chi connectivity index (χ2v) is 4.67. The Balaban J connectivity index is 2.44. The molecule has 0 radical (unpaired) electrons. The maximum Gasteiger partial charge on any atom is 0.226 e. The van der Waals surface area contributed by atoms with E-state index in [1.165, 1.54) is 0 Å². The number of rotatable bonds is 7. The first-order valence-corrected chi connectivity index (χ1v) is 6.84. The Bertz CT molecular complexity index is 458. The van der Waals surface area contributed by atoms with E-state index in [2.05, 4.69) is 10.6 Å². The van der Waals surface area contributed by atoms with Gasteiger partial charge in [0.05, 0.1) is 12.3 Å². The molecule has 0 aliphatic carbocycles. The quantitative estimate of drug-likeness (QED) is 0.803. The molecule has 5 heteroatoms. The molecule has 0 aliphatic heterocycles. The zero-order chi connectivity index (χ0) is 15.0. The monoisotopic (exact) mass is 278 g/mol. The Morgan fingerprint density at radius 3 is 2.60 bits per heavy atom. The lowest BCUT2D eigenvalue weighted by atomic mass is 10.2. The fourth-order valence-electron chi connectivity index (χ4n) is 1.57. The summed E-state index contributed by atoms with van der Waals surface area (Å²) in [6.45, 7) is 6.39. The number of anilines is 1. The third-order valence-electron chi connectivity index (χ3n) is 2.64. The first kappa shape index (κ1) is 16.0. The molecule has 2 amide bonds. The fourth-order valence-corrected chi connectivity index (χ4v) is 1.57. The number of hydrogen-bond acceptors (Lipinski definition) is 3.